The number of hydrazone groups is 1. The van der Waals surface area contributed by atoms with E-state index >= 15 is 0 Å². The van der Waals surface area contributed by atoms with E-state index in [1.165, 1.54) is 11.8 Å². The van der Waals surface area contributed by atoms with Crippen molar-refractivity contribution in [3.05, 3.63) is 88.9 Å². The number of aromatic nitrogens is 3. The minimum atomic E-state index is -0.232. The highest BCUT2D eigenvalue weighted by Crippen LogP contribution is 2.28. The average molecular weight is 536 g/mol. The third-order valence-electron chi connectivity index (χ3n) is 4.92. The third kappa shape index (κ3) is 5.73. The van der Waals surface area contributed by atoms with Crippen molar-refractivity contribution in [2.45, 2.75) is 12.1 Å². The van der Waals surface area contributed by atoms with Crippen molar-refractivity contribution < 1.29 is 9.53 Å². The van der Waals surface area contributed by atoms with Crippen LogP contribution in [0.1, 0.15) is 12.5 Å². The molecule has 7 nitrogen and oxygen atoms in total. The molecule has 1 heterocycles. The summed E-state index contributed by atoms with van der Waals surface area (Å²) in [4.78, 5) is 12.5. The summed E-state index contributed by atoms with van der Waals surface area (Å²) in [5.74, 6) is 1.35. The number of amides is 1. The van der Waals surface area contributed by atoms with Crippen molar-refractivity contribution >= 4 is 39.3 Å². The molecule has 1 aromatic heterocycles. The number of nitrogens with one attached hydrogen (secondary N) is 1. The summed E-state index contributed by atoms with van der Waals surface area (Å²) in [7, 11) is 1.63. The van der Waals surface area contributed by atoms with Gasteiger partial charge in [-0.3, -0.25) is 9.36 Å². The number of rotatable bonds is 8. The Kier molecular flexibility index (Phi) is 7.76. The zero-order chi connectivity index (χ0) is 23.9. The number of hydrogen-bond donors (Lipinski definition) is 1. The van der Waals surface area contributed by atoms with Gasteiger partial charge in [0.25, 0.3) is 5.91 Å². The molecule has 0 aliphatic carbocycles. The van der Waals surface area contributed by atoms with Gasteiger partial charge in [-0.05, 0) is 48.9 Å². The van der Waals surface area contributed by atoms with Gasteiger partial charge in [-0.15, -0.1) is 10.2 Å². The topological polar surface area (TPSA) is 81.4 Å². The third-order valence-corrected chi connectivity index (χ3v) is 6.34. The van der Waals surface area contributed by atoms with Crippen molar-refractivity contribution in [2.75, 3.05) is 12.9 Å². The first-order chi connectivity index (χ1) is 16.5. The predicted molar refractivity (Wildman–Crippen MR) is 139 cm³/mol. The van der Waals surface area contributed by atoms with Crippen molar-refractivity contribution in [3.8, 4) is 22.8 Å². The molecule has 0 saturated heterocycles. The lowest BCUT2D eigenvalue weighted by molar-refractivity contribution is -0.118. The zero-order valence-corrected chi connectivity index (χ0v) is 21.0. The number of benzene rings is 3. The lowest BCUT2D eigenvalue weighted by Crippen LogP contribution is -2.21. The second-order valence-electron chi connectivity index (χ2n) is 7.24. The van der Waals surface area contributed by atoms with Crippen LogP contribution in [0.5, 0.6) is 5.75 Å². The van der Waals surface area contributed by atoms with Crippen LogP contribution in [-0.2, 0) is 4.79 Å². The molecule has 0 aliphatic rings. The first kappa shape index (κ1) is 23.7. The number of carbonyl (C=O) groups is 1. The zero-order valence-electron chi connectivity index (χ0n) is 18.6. The Morgan fingerprint density at radius 3 is 2.53 bits per heavy atom. The van der Waals surface area contributed by atoms with Crippen LogP contribution in [0, 0.1) is 0 Å². The molecule has 4 aromatic rings. The van der Waals surface area contributed by atoms with E-state index in [0.717, 1.165) is 27.0 Å². The van der Waals surface area contributed by atoms with Crippen LogP contribution in [0.3, 0.4) is 0 Å². The van der Waals surface area contributed by atoms with Gasteiger partial charge < -0.3 is 4.74 Å². The van der Waals surface area contributed by atoms with E-state index in [-0.39, 0.29) is 11.7 Å². The second kappa shape index (κ2) is 11.1. The SMILES string of the molecule is COc1ccc(-n2c(SCC(=O)NN=C(C)c3cccc(Br)c3)nnc2-c2ccccc2)cc1. The van der Waals surface area contributed by atoms with E-state index in [2.05, 4.69) is 36.7 Å². The summed E-state index contributed by atoms with van der Waals surface area (Å²) >= 11 is 4.74. The van der Waals surface area contributed by atoms with Gasteiger partial charge in [-0.1, -0.05) is 70.2 Å². The van der Waals surface area contributed by atoms with E-state index in [0.29, 0.717) is 16.7 Å². The molecule has 0 bridgehead atoms. The van der Waals surface area contributed by atoms with E-state index in [9.17, 15) is 4.79 Å². The van der Waals surface area contributed by atoms with Crippen LogP contribution < -0.4 is 10.2 Å². The monoisotopic (exact) mass is 535 g/mol. The number of nitrogens with zero attached hydrogens (tertiary/aromatic N) is 4. The number of thioether (sulfide) groups is 1. The molecule has 0 atom stereocenters. The van der Waals surface area contributed by atoms with Gasteiger partial charge in [-0.25, -0.2) is 5.43 Å². The first-order valence-electron chi connectivity index (χ1n) is 10.4. The van der Waals surface area contributed by atoms with Gasteiger partial charge in [0.15, 0.2) is 11.0 Å². The van der Waals surface area contributed by atoms with E-state index in [1.54, 1.807) is 7.11 Å². The summed E-state index contributed by atoms with van der Waals surface area (Å²) < 4.78 is 8.17. The number of halogens is 1. The fourth-order valence-electron chi connectivity index (χ4n) is 3.19. The van der Waals surface area contributed by atoms with E-state index in [4.69, 9.17) is 4.74 Å². The molecule has 4 rings (SSSR count). The highest BCUT2D eigenvalue weighted by Gasteiger charge is 2.17. The number of carbonyl (C=O) groups excluding carboxylic acids is 1. The highest BCUT2D eigenvalue weighted by molar-refractivity contribution is 9.10. The van der Waals surface area contributed by atoms with Crippen LogP contribution >= 0.6 is 27.7 Å². The fourth-order valence-corrected chi connectivity index (χ4v) is 4.33. The predicted octanol–water partition coefficient (Wildman–Crippen LogP) is 5.34. The van der Waals surface area contributed by atoms with Crippen LogP contribution in [0.25, 0.3) is 17.1 Å². The maximum Gasteiger partial charge on any atom is 0.250 e. The summed E-state index contributed by atoms with van der Waals surface area (Å²) in [5, 5.41) is 13.6. The van der Waals surface area contributed by atoms with E-state index < -0.39 is 0 Å². The molecule has 0 saturated carbocycles. The van der Waals surface area contributed by atoms with Crippen LogP contribution in [-0.4, -0.2) is 39.2 Å². The summed E-state index contributed by atoms with van der Waals surface area (Å²) in [6.07, 6.45) is 0. The second-order valence-corrected chi connectivity index (χ2v) is 9.10. The van der Waals surface area contributed by atoms with Crippen molar-refractivity contribution in [1.29, 1.82) is 0 Å². The standard InChI is InChI=1S/C25H22BrN5O2S/c1-17(19-9-6-10-20(26)15-19)27-28-23(32)16-34-25-30-29-24(18-7-4-3-5-8-18)31(25)21-11-13-22(33-2)14-12-21/h3-15H,16H2,1-2H3,(H,28,32). The lowest BCUT2D eigenvalue weighted by Gasteiger charge is -2.11. The summed E-state index contributed by atoms with van der Waals surface area (Å²) in [6.45, 7) is 1.85. The Balaban J connectivity index is 1.53. The minimum Gasteiger partial charge on any atom is -0.497 e. The maximum absolute atomic E-state index is 12.5. The van der Waals surface area contributed by atoms with Crippen LogP contribution in [0.2, 0.25) is 0 Å². The molecule has 3 aromatic carbocycles. The molecular weight excluding hydrogens is 514 g/mol. The Morgan fingerprint density at radius 1 is 1.06 bits per heavy atom. The van der Waals surface area contributed by atoms with Gasteiger partial charge in [0.1, 0.15) is 5.75 Å². The molecule has 0 unspecified atom stereocenters. The normalized spacial score (nSPS) is 11.3. The van der Waals surface area contributed by atoms with Crippen LogP contribution in [0.15, 0.2) is 93.6 Å². The van der Waals surface area contributed by atoms with Crippen molar-refractivity contribution in [3.63, 3.8) is 0 Å². The average Bonchev–Trinajstić information content (AvgIpc) is 3.30. The molecule has 0 fully saturated rings. The van der Waals surface area contributed by atoms with Gasteiger partial charge in [0, 0.05) is 15.7 Å². The molecule has 9 heteroatoms. The van der Waals surface area contributed by atoms with Crippen LogP contribution in [0.4, 0.5) is 0 Å². The Bertz CT molecular complexity index is 1310. The molecule has 0 aliphatic heterocycles. The highest BCUT2D eigenvalue weighted by atomic mass is 79.9. The number of hydrogen-bond acceptors (Lipinski definition) is 6. The smallest absolute Gasteiger partial charge is 0.250 e. The largest absolute Gasteiger partial charge is 0.497 e. The molecule has 172 valence electrons. The summed E-state index contributed by atoms with van der Waals surface area (Å²) in [5.41, 5.74) is 6.06. The Labute approximate surface area is 210 Å². The van der Waals surface area contributed by atoms with Crippen molar-refractivity contribution in [1.82, 2.24) is 20.2 Å². The fraction of sp³-hybridized carbons (Fsp3) is 0.120. The Morgan fingerprint density at radius 2 is 1.82 bits per heavy atom. The molecule has 1 amide bonds. The van der Waals surface area contributed by atoms with Gasteiger partial charge >= 0.3 is 0 Å². The molecule has 34 heavy (non-hydrogen) atoms. The Hall–Kier alpha value is -3.43. The van der Waals surface area contributed by atoms with E-state index in [1.807, 2.05) is 90.4 Å². The first-order valence-corrected chi connectivity index (χ1v) is 12.2. The number of methoxy groups -OCH3 is 1. The molecular formula is C25H22BrN5O2S. The lowest BCUT2D eigenvalue weighted by atomic mass is 10.1. The van der Waals surface area contributed by atoms with Gasteiger partial charge in [0.05, 0.1) is 18.6 Å². The van der Waals surface area contributed by atoms with Crippen molar-refractivity contribution in [2.24, 2.45) is 5.10 Å². The molecule has 0 radical (unpaired) electrons. The summed E-state index contributed by atoms with van der Waals surface area (Å²) in [6, 6.07) is 25.2. The van der Waals surface area contributed by atoms with Gasteiger partial charge in [-0.2, -0.15) is 5.10 Å². The maximum atomic E-state index is 12.5. The van der Waals surface area contributed by atoms with Gasteiger partial charge in [0.2, 0.25) is 0 Å². The molecule has 0 spiro atoms. The molecule has 1 N–H and O–H groups in total. The number of ether oxygens (including phenoxy) is 1. The minimum absolute atomic E-state index is 0.137. The quantitative estimate of drug-likeness (QED) is 0.187.